The van der Waals surface area contributed by atoms with Gasteiger partial charge in [-0.3, -0.25) is 9.69 Å². The van der Waals surface area contributed by atoms with Crippen LogP contribution in [0.3, 0.4) is 0 Å². The Balaban J connectivity index is 1.54. The van der Waals surface area contributed by atoms with E-state index in [1.54, 1.807) is 17.0 Å². The van der Waals surface area contributed by atoms with Crippen molar-refractivity contribution in [1.29, 1.82) is 0 Å². The molecule has 174 valence electrons. The van der Waals surface area contributed by atoms with Crippen LogP contribution < -0.4 is 0 Å². The highest BCUT2D eigenvalue weighted by Crippen LogP contribution is 2.33. The van der Waals surface area contributed by atoms with Crippen molar-refractivity contribution in [2.45, 2.75) is 49.1 Å². The second kappa shape index (κ2) is 9.87. The predicted molar refractivity (Wildman–Crippen MR) is 111 cm³/mol. The largest absolute Gasteiger partial charge is 0.406 e. The molecule has 0 atom stereocenters. The van der Waals surface area contributed by atoms with E-state index in [0.29, 0.717) is 23.9 Å². The molecular weight excluding hydrogens is 431 g/mol. The summed E-state index contributed by atoms with van der Waals surface area (Å²) < 4.78 is 64.6. The van der Waals surface area contributed by atoms with Gasteiger partial charge in [0.05, 0.1) is 11.4 Å². The van der Waals surface area contributed by atoms with E-state index in [-0.39, 0.29) is 24.5 Å². The maximum atomic E-state index is 13.0. The zero-order chi connectivity index (χ0) is 22.6. The summed E-state index contributed by atoms with van der Waals surface area (Å²) in [4.78, 5) is 14.6. The quantitative estimate of drug-likeness (QED) is 0.653. The Labute approximate surface area is 182 Å². The van der Waals surface area contributed by atoms with E-state index in [0.717, 1.165) is 19.9 Å². The van der Waals surface area contributed by atoms with Crippen LogP contribution in [0.1, 0.15) is 43.6 Å². The van der Waals surface area contributed by atoms with Gasteiger partial charge in [0.2, 0.25) is 15.9 Å². The lowest BCUT2D eigenvalue weighted by atomic mass is 9.84. The van der Waals surface area contributed by atoms with Crippen LogP contribution in [0, 0.1) is 0 Å². The summed E-state index contributed by atoms with van der Waals surface area (Å²) in [5, 5.41) is 0. The minimum atomic E-state index is -4.44. The van der Waals surface area contributed by atoms with Crippen LogP contribution in [0.15, 0.2) is 29.2 Å². The highest BCUT2D eigenvalue weighted by molar-refractivity contribution is 7.89. The second-order valence-electron chi connectivity index (χ2n) is 8.45. The topological polar surface area (TPSA) is 60.9 Å². The van der Waals surface area contributed by atoms with E-state index in [4.69, 9.17) is 0 Å². The molecule has 10 heteroatoms. The molecule has 31 heavy (non-hydrogen) atoms. The van der Waals surface area contributed by atoms with Gasteiger partial charge in [0.1, 0.15) is 6.54 Å². The molecule has 0 unspecified atom stereocenters. The number of amides is 1. The average Bonchev–Trinajstić information content (AvgIpc) is 2.73. The maximum Gasteiger partial charge on any atom is 0.406 e. The smallest absolute Gasteiger partial charge is 0.336 e. The SMILES string of the molecule is CN(CC(F)(F)F)C(=O)CN1CCN(S(=O)(=O)c2ccc(C3CCCCC3)cc2)CC1. The number of benzene rings is 1. The van der Waals surface area contributed by atoms with Gasteiger partial charge >= 0.3 is 6.18 Å². The van der Waals surface area contributed by atoms with Crippen LogP contribution in [0.2, 0.25) is 0 Å². The normalized spacial score (nSPS) is 20.0. The third-order valence-electron chi connectivity index (χ3n) is 6.13. The lowest BCUT2D eigenvalue weighted by Crippen LogP contribution is -2.51. The van der Waals surface area contributed by atoms with Gasteiger partial charge in [-0.15, -0.1) is 0 Å². The van der Waals surface area contributed by atoms with Gasteiger partial charge in [0, 0.05) is 33.2 Å². The Hall–Kier alpha value is -1.65. The predicted octanol–water partition coefficient (Wildman–Crippen LogP) is 3.06. The Morgan fingerprint density at radius 1 is 1.03 bits per heavy atom. The Morgan fingerprint density at radius 3 is 2.16 bits per heavy atom. The minimum Gasteiger partial charge on any atom is -0.336 e. The van der Waals surface area contributed by atoms with Crippen LogP contribution in [-0.4, -0.2) is 80.9 Å². The molecule has 2 fully saturated rings. The number of sulfonamides is 1. The molecule has 2 aliphatic rings. The van der Waals surface area contributed by atoms with Gasteiger partial charge in [0.25, 0.3) is 0 Å². The highest BCUT2D eigenvalue weighted by atomic mass is 32.2. The van der Waals surface area contributed by atoms with Gasteiger partial charge in [-0.2, -0.15) is 17.5 Å². The van der Waals surface area contributed by atoms with Gasteiger partial charge < -0.3 is 4.90 Å². The number of halogens is 3. The zero-order valence-corrected chi connectivity index (χ0v) is 18.6. The van der Waals surface area contributed by atoms with Crippen molar-refractivity contribution >= 4 is 15.9 Å². The molecule has 1 aromatic rings. The molecule has 1 saturated carbocycles. The molecule has 0 bridgehead atoms. The fourth-order valence-corrected chi connectivity index (χ4v) is 5.72. The molecular formula is C21H30F3N3O3S. The number of carbonyl (C=O) groups excluding carboxylic acids is 1. The Bertz CT molecular complexity index is 845. The Kier molecular flexibility index (Phi) is 7.64. The number of rotatable bonds is 6. The molecule has 0 spiro atoms. The molecule has 3 rings (SSSR count). The van der Waals surface area contributed by atoms with Crippen molar-refractivity contribution in [3.05, 3.63) is 29.8 Å². The molecule has 1 aliphatic heterocycles. The van der Waals surface area contributed by atoms with E-state index < -0.39 is 28.7 Å². The summed E-state index contributed by atoms with van der Waals surface area (Å²) in [5.41, 5.74) is 1.19. The molecule has 1 aliphatic carbocycles. The van der Waals surface area contributed by atoms with E-state index in [1.165, 1.54) is 29.1 Å². The molecule has 1 aromatic carbocycles. The summed E-state index contributed by atoms with van der Waals surface area (Å²) in [5.74, 6) is -0.131. The van der Waals surface area contributed by atoms with Gasteiger partial charge in [0.15, 0.2) is 0 Å². The monoisotopic (exact) mass is 461 g/mol. The Morgan fingerprint density at radius 2 is 1.61 bits per heavy atom. The molecule has 1 heterocycles. The van der Waals surface area contributed by atoms with E-state index in [2.05, 4.69) is 0 Å². The van der Waals surface area contributed by atoms with Crippen molar-refractivity contribution in [3.63, 3.8) is 0 Å². The van der Waals surface area contributed by atoms with Crippen LogP contribution in [0.25, 0.3) is 0 Å². The van der Waals surface area contributed by atoms with Crippen LogP contribution in [0.5, 0.6) is 0 Å². The maximum absolute atomic E-state index is 13.0. The number of hydrogen-bond donors (Lipinski definition) is 0. The first-order valence-electron chi connectivity index (χ1n) is 10.7. The second-order valence-corrected chi connectivity index (χ2v) is 10.4. The number of nitrogens with zero attached hydrogens (tertiary/aromatic N) is 3. The first-order chi connectivity index (χ1) is 14.6. The van der Waals surface area contributed by atoms with Crippen LogP contribution in [0.4, 0.5) is 13.2 Å². The third-order valence-corrected chi connectivity index (χ3v) is 8.04. The standard InChI is InChI=1S/C21H30F3N3O3S/c1-25(16-21(22,23)24)20(28)15-26-11-13-27(14-12-26)31(29,30)19-9-7-18(8-10-19)17-5-3-2-4-6-17/h7-10,17H,2-6,11-16H2,1H3. The number of piperazine rings is 1. The zero-order valence-electron chi connectivity index (χ0n) is 17.8. The average molecular weight is 462 g/mol. The van der Waals surface area contributed by atoms with Crippen LogP contribution in [-0.2, 0) is 14.8 Å². The lowest BCUT2D eigenvalue weighted by molar-refractivity contribution is -0.159. The fraction of sp³-hybridized carbons (Fsp3) is 0.667. The number of carbonyl (C=O) groups is 1. The molecule has 0 radical (unpaired) electrons. The molecule has 1 saturated heterocycles. The van der Waals surface area contributed by atoms with Crippen molar-refractivity contribution in [2.24, 2.45) is 0 Å². The summed E-state index contributed by atoms with van der Waals surface area (Å²) in [6, 6.07) is 7.16. The molecule has 1 amide bonds. The first-order valence-corrected chi connectivity index (χ1v) is 12.1. The number of hydrogen-bond acceptors (Lipinski definition) is 4. The van der Waals surface area contributed by atoms with Crippen LogP contribution >= 0.6 is 0 Å². The first kappa shape index (κ1) is 24.0. The third kappa shape index (κ3) is 6.43. The van der Waals surface area contributed by atoms with E-state index in [1.807, 2.05) is 12.1 Å². The van der Waals surface area contributed by atoms with Crippen molar-refractivity contribution < 1.29 is 26.4 Å². The van der Waals surface area contributed by atoms with Crippen molar-refractivity contribution in [2.75, 3.05) is 46.3 Å². The highest BCUT2D eigenvalue weighted by Gasteiger charge is 2.33. The lowest BCUT2D eigenvalue weighted by Gasteiger charge is -2.34. The van der Waals surface area contributed by atoms with E-state index >= 15 is 0 Å². The molecule has 6 nitrogen and oxygen atoms in total. The fourth-order valence-electron chi connectivity index (χ4n) is 4.29. The summed E-state index contributed by atoms with van der Waals surface area (Å²) in [7, 11) is -2.52. The minimum absolute atomic E-state index is 0.156. The summed E-state index contributed by atoms with van der Waals surface area (Å²) in [6.07, 6.45) is 1.53. The van der Waals surface area contributed by atoms with Gasteiger partial charge in [-0.25, -0.2) is 8.42 Å². The number of likely N-dealkylation sites (N-methyl/N-ethyl adjacent to an activating group) is 1. The van der Waals surface area contributed by atoms with Gasteiger partial charge in [-0.1, -0.05) is 31.4 Å². The van der Waals surface area contributed by atoms with Crippen molar-refractivity contribution in [3.8, 4) is 0 Å². The summed E-state index contributed by atoms with van der Waals surface area (Å²) >= 11 is 0. The molecule has 0 aromatic heterocycles. The summed E-state index contributed by atoms with van der Waals surface area (Å²) in [6.45, 7) is -0.463. The van der Waals surface area contributed by atoms with Crippen molar-refractivity contribution in [1.82, 2.24) is 14.1 Å². The molecule has 0 N–H and O–H groups in total. The van der Waals surface area contributed by atoms with E-state index in [9.17, 15) is 26.4 Å². The number of alkyl halides is 3. The van der Waals surface area contributed by atoms with Gasteiger partial charge in [-0.05, 0) is 36.5 Å².